The van der Waals surface area contributed by atoms with E-state index in [2.05, 4.69) is 15.6 Å². The molecule has 6 nitrogen and oxygen atoms in total. The van der Waals surface area contributed by atoms with Gasteiger partial charge in [-0.25, -0.2) is 4.98 Å². The van der Waals surface area contributed by atoms with Gasteiger partial charge in [0.1, 0.15) is 12.0 Å². The summed E-state index contributed by atoms with van der Waals surface area (Å²) in [5.74, 6) is 0.716. The second-order valence-electron chi connectivity index (χ2n) is 4.27. The molecule has 1 aromatic rings. The van der Waals surface area contributed by atoms with Gasteiger partial charge in [0.05, 0.1) is 4.92 Å². The molecule has 1 heterocycles. The third-order valence-electron chi connectivity index (χ3n) is 2.70. The molecule has 0 aromatic carbocycles. The van der Waals surface area contributed by atoms with Crippen LogP contribution in [0.2, 0.25) is 0 Å². The van der Waals surface area contributed by atoms with Gasteiger partial charge in [-0.15, -0.1) is 0 Å². The molecule has 0 saturated heterocycles. The molecule has 0 amide bonds. The number of rotatable bonds is 6. The van der Waals surface area contributed by atoms with E-state index in [1.54, 1.807) is 0 Å². The van der Waals surface area contributed by atoms with Crippen molar-refractivity contribution in [3.05, 3.63) is 27.9 Å². The van der Waals surface area contributed by atoms with Crippen molar-refractivity contribution in [1.29, 1.82) is 0 Å². The summed E-state index contributed by atoms with van der Waals surface area (Å²) in [6.45, 7) is 3.49. The maximum Gasteiger partial charge on any atom is 0.287 e. The Bertz CT molecular complexity index is 418. The van der Waals surface area contributed by atoms with Crippen LogP contribution in [0.5, 0.6) is 0 Å². The number of aromatic nitrogens is 1. The van der Waals surface area contributed by atoms with Gasteiger partial charge in [0.15, 0.2) is 0 Å². The van der Waals surface area contributed by atoms with Gasteiger partial charge in [0, 0.05) is 25.2 Å². The van der Waals surface area contributed by atoms with E-state index >= 15 is 0 Å². The molecule has 0 radical (unpaired) electrons. The average molecular weight is 236 g/mol. The second kappa shape index (κ2) is 5.09. The summed E-state index contributed by atoms with van der Waals surface area (Å²) < 4.78 is 0. The Morgan fingerprint density at radius 3 is 2.88 bits per heavy atom. The first-order valence-corrected chi connectivity index (χ1v) is 5.75. The molecule has 0 unspecified atom stereocenters. The van der Waals surface area contributed by atoms with Crippen molar-refractivity contribution < 1.29 is 4.92 Å². The number of hydrogen-bond donors (Lipinski definition) is 2. The lowest BCUT2D eigenvalue weighted by molar-refractivity contribution is -0.385. The molecule has 1 aliphatic rings. The standard InChI is InChI=1S/C11H16N4O2/c1-8-6-10(15(16)17)7-14-11(8)13-5-4-12-9-2-3-9/h6-7,9,12H,2-5H2,1H3,(H,13,14). The lowest BCUT2D eigenvalue weighted by Crippen LogP contribution is -2.24. The molecular formula is C11H16N4O2. The highest BCUT2D eigenvalue weighted by Crippen LogP contribution is 2.19. The van der Waals surface area contributed by atoms with Crippen LogP contribution in [0.4, 0.5) is 11.5 Å². The molecule has 1 fully saturated rings. The molecule has 0 aliphatic heterocycles. The summed E-state index contributed by atoms with van der Waals surface area (Å²) in [6, 6.07) is 2.23. The van der Waals surface area contributed by atoms with Crippen molar-refractivity contribution in [2.45, 2.75) is 25.8 Å². The Kier molecular flexibility index (Phi) is 3.53. The van der Waals surface area contributed by atoms with Crippen molar-refractivity contribution in [2.24, 2.45) is 0 Å². The fraction of sp³-hybridized carbons (Fsp3) is 0.545. The summed E-state index contributed by atoms with van der Waals surface area (Å²) in [4.78, 5) is 14.2. The summed E-state index contributed by atoms with van der Waals surface area (Å²) in [6.07, 6.45) is 3.83. The Labute approximate surface area is 99.6 Å². The molecule has 0 atom stereocenters. The Morgan fingerprint density at radius 2 is 2.29 bits per heavy atom. The Morgan fingerprint density at radius 1 is 1.53 bits per heavy atom. The zero-order valence-electron chi connectivity index (χ0n) is 9.77. The molecule has 92 valence electrons. The predicted molar refractivity (Wildman–Crippen MR) is 65.1 cm³/mol. The van der Waals surface area contributed by atoms with Crippen molar-refractivity contribution >= 4 is 11.5 Å². The van der Waals surface area contributed by atoms with Gasteiger partial charge < -0.3 is 10.6 Å². The summed E-state index contributed by atoms with van der Waals surface area (Å²) >= 11 is 0. The molecule has 1 saturated carbocycles. The van der Waals surface area contributed by atoms with Crippen LogP contribution in [0.25, 0.3) is 0 Å². The molecule has 1 aromatic heterocycles. The summed E-state index contributed by atoms with van der Waals surface area (Å²) in [5.41, 5.74) is 0.828. The zero-order valence-corrected chi connectivity index (χ0v) is 9.77. The predicted octanol–water partition coefficient (Wildman–Crippen LogP) is 1.46. The fourth-order valence-electron chi connectivity index (χ4n) is 1.59. The van der Waals surface area contributed by atoms with E-state index in [1.165, 1.54) is 25.1 Å². The minimum Gasteiger partial charge on any atom is -0.369 e. The van der Waals surface area contributed by atoms with Crippen LogP contribution in [0.1, 0.15) is 18.4 Å². The highest BCUT2D eigenvalue weighted by Gasteiger charge is 2.19. The maximum absolute atomic E-state index is 10.5. The van der Waals surface area contributed by atoms with Crippen LogP contribution in [0.15, 0.2) is 12.3 Å². The van der Waals surface area contributed by atoms with E-state index in [1.807, 2.05) is 6.92 Å². The highest BCUT2D eigenvalue weighted by atomic mass is 16.6. The normalized spacial score (nSPS) is 14.6. The topological polar surface area (TPSA) is 80.1 Å². The summed E-state index contributed by atoms with van der Waals surface area (Å²) in [5, 5.41) is 17.1. The fourth-order valence-corrected chi connectivity index (χ4v) is 1.59. The van der Waals surface area contributed by atoms with Gasteiger partial charge in [0.2, 0.25) is 0 Å². The minimum atomic E-state index is -0.432. The molecule has 1 aliphatic carbocycles. The number of aryl methyl sites for hydroxylation is 1. The van der Waals surface area contributed by atoms with Crippen LogP contribution >= 0.6 is 0 Å². The average Bonchev–Trinajstić information content (AvgIpc) is 3.09. The van der Waals surface area contributed by atoms with Crippen molar-refractivity contribution in [1.82, 2.24) is 10.3 Å². The smallest absolute Gasteiger partial charge is 0.287 e. The number of anilines is 1. The molecule has 2 N–H and O–H groups in total. The lowest BCUT2D eigenvalue weighted by atomic mass is 10.2. The number of hydrogen-bond acceptors (Lipinski definition) is 5. The largest absolute Gasteiger partial charge is 0.369 e. The van der Waals surface area contributed by atoms with E-state index < -0.39 is 4.92 Å². The van der Waals surface area contributed by atoms with E-state index in [9.17, 15) is 10.1 Å². The first kappa shape index (κ1) is 11.8. The molecule has 0 bridgehead atoms. The Hall–Kier alpha value is -1.69. The number of nitro groups is 1. The van der Waals surface area contributed by atoms with E-state index in [0.29, 0.717) is 11.9 Å². The first-order chi connectivity index (χ1) is 8.16. The quantitative estimate of drug-likeness (QED) is 0.444. The number of pyridine rings is 1. The number of nitrogens with one attached hydrogen (secondary N) is 2. The van der Waals surface area contributed by atoms with Crippen LogP contribution < -0.4 is 10.6 Å². The van der Waals surface area contributed by atoms with E-state index in [-0.39, 0.29) is 5.69 Å². The van der Waals surface area contributed by atoms with Crippen molar-refractivity contribution in [3.8, 4) is 0 Å². The van der Waals surface area contributed by atoms with E-state index in [4.69, 9.17) is 0 Å². The van der Waals surface area contributed by atoms with Gasteiger partial charge >= 0.3 is 0 Å². The zero-order chi connectivity index (χ0) is 12.3. The van der Waals surface area contributed by atoms with Gasteiger partial charge in [-0.05, 0) is 25.3 Å². The minimum absolute atomic E-state index is 0.0316. The van der Waals surface area contributed by atoms with Gasteiger partial charge in [-0.3, -0.25) is 10.1 Å². The molecule has 0 spiro atoms. The highest BCUT2D eigenvalue weighted by molar-refractivity contribution is 5.48. The van der Waals surface area contributed by atoms with Crippen LogP contribution in [0.3, 0.4) is 0 Å². The molecule has 6 heteroatoms. The van der Waals surface area contributed by atoms with Gasteiger partial charge in [-0.1, -0.05) is 0 Å². The van der Waals surface area contributed by atoms with E-state index in [0.717, 1.165) is 18.7 Å². The van der Waals surface area contributed by atoms with Crippen LogP contribution in [0, 0.1) is 17.0 Å². The second-order valence-corrected chi connectivity index (χ2v) is 4.27. The van der Waals surface area contributed by atoms with Crippen LogP contribution in [-0.2, 0) is 0 Å². The van der Waals surface area contributed by atoms with Crippen molar-refractivity contribution in [3.63, 3.8) is 0 Å². The monoisotopic (exact) mass is 236 g/mol. The molecular weight excluding hydrogens is 220 g/mol. The molecule has 17 heavy (non-hydrogen) atoms. The van der Waals surface area contributed by atoms with Gasteiger partial charge in [0.25, 0.3) is 5.69 Å². The van der Waals surface area contributed by atoms with Gasteiger partial charge in [-0.2, -0.15) is 0 Å². The lowest BCUT2D eigenvalue weighted by Gasteiger charge is -2.08. The van der Waals surface area contributed by atoms with Crippen LogP contribution in [-0.4, -0.2) is 29.0 Å². The van der Waals surface area contributed by atoms with Crippen molar-refractivity contribution in [2.75, 3.05) is 18.4 Å². The first-order valence-electron chi connectivity index (χ1n) is 5.75. The summed E-state index contributed by atoms with van der Waals surface area (Å²) in [7, 11) is 0. The SMILES string of the molecule is Cc1cc([N+](=O)[O-])cnc1NCCNC1CC1. The molecule has 2 rings (SSSR count). The number of nitrogens with zero attached hydrogens (tertiary/aromatic N) is 2. The Balaban J connectivity index is 1.84. The third kappa shape index (κ3) is 3.39. The third-order valence-corrected chi connectivity index (χ3v) is 2.70. The maximum atomic E-state index is 10.5.